The van der Waals surface area contributed by atoms with Gasteiger partial charge in [0.05, 0.1) is 0 Å². The van der Waals surface area contributed by atoms with Gasteiger partial charge >= 0.3 is 0 Å². The molecule has 0 amide bonds. The van der Waals surface area contributed by atoms with Gasteiger partial charge in [-0.25, -0.2) is 4.98 Å². The van der Waals surface area contributed by atoms with Gasteiger partial charge in [0, 0.05) is 23.2 Å². The monoisotopic (exact) mass is 333 g/mol. The SMILES string of the molecule is Cc1ccc(C(C)(C)C)c(Oc2ccc(CBr)cn2)c1. The van der Waals surface area contributed by atoms with Gasteiger partial charge in [0.25, 0.3) is 0 Å². The number of aromatic nitrogens is 1. The molecule has 1 aromatic heterocycles. The maximum atomic E-state index is 5.99. The van der Waals surface area contributed by atoms with E-state index in [1.165, 1.54) is 11.1 Å². The number of aryl methyl sites for hydroxylation is 1. The first-order chi connectivity index (χ1) is 9.40. The second-order valence-electron chi connectivity index (χ2n) is 5.99. The smallest absolute Gasteiger partial charge is 0.219 e. The molecule has 1 aromatic carbocycles. The second kappa shape index (κ2) is 5.96. The minimum atomic E-state index is 0.0405. The summed E-state index contributed by atoms with van der Waals surface area (Å²) in [4.78, 5) is 4.35. The third-order valence-corrected chi connectivity index (χ3v) is 3.76. The van der Waals surface area contributed by atoms with Crippen molar-refractivity contribution in [3.05, 3.63) is 53.2 Å². The zero-order valence-corrected chi connectivity index (χ0v) is 14.0. The molecule has 1 heterocycles. The first-order valence-corrected chi connectivity index (χ1v) is 7.82. The molecule has 0 aliphatic heterocycles. The number of ether oxygens (including phenoxy) is 1. The number of hydrogen-bond donors (Lipinski definition) is 0. The molecule has 0 N–H and O–H groups in total. The summed E-state index contributed by atoms with van der Waals surface area (Å²) >= 11 is 3.42. The zero-order chi connectivity index (χ0) is 14.8. The first-order valence-electron chi connectivity index (χ1n) is 6.70. The van der Waals surface area contributed by atoms with Crippen molar-refractivity contribution in [3.63, 3.8) is 0 Å². The average Bonchev–Trinajstić information content (AvgIpc) is 2.38. The summed E-state index contributed by atoms with van der Waals surface area (Å²) in [6, 6.07) is 10.3. The third-order valence-electron chi connectivity index (χ3n) is 3.11. The molecular formula is C17H20BrNO. The molecule has 0 saturated heterocycles. The van der Waals surface area contributed by atoms with Crippen molar-refractivity contribution in [3.8, 4) is 11.6 Å². The molecule has 0 bridgehead atoms. The standard InChI is InChI=1S/C17H20BrNO/c1-12-5-7-14(17(2,3)4)15(9-12)20-16-8-6-13(10-18)11-19-16/h5-9,11H,10H2,1-4H3. The third kappa shape index (κ3) is 3.60. The van der Waals surface area contributed by atoms with Crippen LogP contribution in [0.5, 0.6) is 11.6 Å². The highest BCUT2D eigenvalue weighted by molar-refractivity contribution is 9.08. The number of nitrogens with zero attached hydrogens (tertiary/aromatic N) is 1. The van der Waals surface area contributed by atoms with Crippen LogP contribution in [0.1, 0.15) is 37.5 Å². The highest BCUT2D eigenvalue weighted by atomic mass is 79.9. The normalized spacial score (nSPS) is 11.4. The van der Waals surface area contributed by atoms with Crippen molar-refractivity contribution in [2.24, 2.45) is 0 Å². The minimum Gasteiger partial charge on any atom is -0.439 e. The number of rotatable bonds is 3. The zero-order valence-electron chi connectivity index (χ0n) is 12.4. The van der Waals surface area contributed by atoms with Crippen molar-refractivity contribution >= 4 is 15.9 Å². The van der Waals surface area contributed by atoms with Gasteiger partial charge < -0.3 is 4.74 Å². The number of hydrogen-bond acceptors (Lipinski definition) is 2. The topological polar surface area (TPSA) is 22.1 Å². The Morgan fingerprint density at radius 2 is 1.90 bits per heavy atom. The van der Waals surface area contributed by atoms with Crippen LogP contribution in [0, 0.1) is 6.92 Å². The van der Waals surface area contributed by atoms with Crippen molar-refractivity contribution in [1.82, 2.24) is 4.98 Å². The van der Waals surface area contributed by atoms with Crippen molar-refractivity contribution in [2.75, 3.05) is 0 Å². The molecule has 0 unspecified atom stereocenters. The molecule has 0 atom stereocenters. The predicted octanol–water partition coefficient (Wildman–Crippen LogP) is 5.37. The molecule has 0 saturated carbocycles. The lowest BCUT2D eigenvalue weighted by Gasteiger charge is -2.22. The molecule has 0 fully saturated rings. The fraction of sp³-hybridized carbons (Fsp3) is 0.353. The summed E-state index contributed by atoms with van der Waals surface area (Å²) in [5, 5.41) is 0.804. The van der Waals surface area contributed by atoms with E-state index in [0.29, 0.717) is 5.88 Å². The molecule has 0 spiro atoms. The summed E-state index contributed by atoms with van der Waals surface area (Å²) in [5.41, 5.74) is 3.55. The van der Waals surface area contributed by atoms with Crippen LogP contribution < -0.4 is 4.74 Å². The van der Waals surface area contributed by atoms with E-state index < -0.39 is 0 Å². The van der Waals surface area contributed by atoms with E-state index in [1.807, 2.05) is 18.3 Å². The molecule has 20 heavy (non-hydrogen) atoms. The Hall–Kier alpha value is -1.35. The largest absolute Gasteiger partial charge is 0.439 e. The van der Waals surface area contributed by atoms with Crippen LogP contribution in [0.4, 0.5) is 0 Å². The number of benzene rings is 1. The van der Waals surface area contributed by atoms with Crippen LogP contribution in [-0.4, -0.2) is 4.98 Å². The lowest BCUT2D eigenvalue weighted by atomic mass is 9.86. The summed E-state index contributed by atoms with van der Waals surface area (Å²) in [6.07, 6.45) is 1.83. The summed E-state index contributed by atoms with van der Waals surface area (Å²) in [6.45, 7) is 8.63. The fourth-order valence-corrected chi connectivity index (χ4v) is 2.33. The Balaban J connectivity index is 2.34. The van der Waals surface area contributed by atoms with Crippen LogP contribution >= 0.6 is 15.9 Å². The molecule has 0 aliphatic carbocycles. The fourth-order valence-electron chi connectivity index (χ4n) is 2.00. The first kappa shape index (κ1) is 15.0. The highest BCUT2D eigenvalue weighted by Crippen LogP contribution is 2.34. The van der Waals surface area contributed by atoms with Crippen LogP contribution in [0.3, 0.4) is 0 Å². The number of halogens is 1. The maximum Gasteiger partial charge on any atom is 0.219 e. The number of pyridine rings is 1. The van der Waals surface area contributed by atoms with Gasteiger partial charge in [-0.05, 0) is 29.5 Å². The Morgan fingerprint density at radius 1 is 1.15 bits per heavy atom. The van der Waals surface area contributed by atoms with Gasteiger partial charge in [-0.2, -0.15) is 0 Å². The Bertz CT molecular complexity index is 585. The van der Waals surface area contributed by atoms with E-state index >= 15 is 0 Å². The summed E-state index contributed by atoms with van der Waals surface area (Å²) in [5.74, 6) is 1.52. The van der Waals surface area contributed by atoms with E-state index in [1.54, 1.807) is 0 Å². The average molecular weight is 334 g/mol. The van der Waals surface area contributed by atoms with E-state index in [9.17, 15) is 0 Å². The quantitative estimate of drug-likeness (QED) is 0.704. The van der Waals surface area contributed by atoms with Gasteiger partial charge in [-0.15, -0.1) is 0 Å². The van der Waals surface area contributed by atoms with Gasteiger partial charge in [0.1, 0.15) is 5.75 Å². The maximum absolute atomic E-state index is 5.99. The van der Waals surface area contributed by atoms with E-state index in [0.717, 1.165) is 16.6 Å². The van der Waals surface area contributed by atoms with E-state index in [4.69, 9.17) is 4.74 Å². The van der Waals surface area contributed by atoms with Crippen molar-refractivity contribution < 1.29 is 4.74 Å². The van der Waals surface area contributed by atoms with E-state index in [-0.39, 0.29) is 5.41 Å². The van der Waals surface area contributed by atoms with Gasteiger partial charge in [0.2, 0.25) is 5.88 Å². The van der Waals surface area contributed by atoms with Crippen LogP contribution in [-0.2, 0) is 10.7 Å². The second-order valence-corrected chi connectivity index (χ2v) is 6.55. The molecule has 0 aliphatic rings. The molecular weight excluding hydrogens is 314 g/mol. The van der Waals surface area contributed by atoms with Crippen LogP contribution in [0.15, 0.2) is 36.5 Å². The minimum absolute atomic E-state index is 0.0405. The molecule has 3 heteroatoms. The van der Waals surface area contributed by atoms with Gasteiger partial charge in [-0.3, -0.25) is 0 Å². The van der Waals surface area contributed by atoms with E-state index in [2.05, 4.69) is 66.8 Å². The lowest BCUT2D eigenvalue weighted by Crippen LogP contribution is -2.12. The van der Waals surface area contributed by atoms with Crippen molar-refractivity contribution in [1.29, 1.82) is 0 Å². The Morgan fingerprint density at radius 3 is 2.45 bits per heavy atom. The van der Waals surface area contributed by atoms with Crippen LogP contribution in [0.25, 0.3) is 0 Å². The molecule has 0 radical (unpaired) electrons. The lowest BCUT2D eigenvalue weighted by molar-refractivity contribution is 0.439. The molecule has 106 valence electrons. The Kier molecular flexibility index (Phi) is 4.48. The van der Waals surface area contributed by atoms with Crippen LogP contribution in [0.2, 0.25) is 0 Å². The number of alkyl halides is 1. The van der Waals surface area contributed by atoms with Gasteiger partial charge in [0.15, 0.2) is 0 Å². The molecule has 2 rings (SSSR count). The molecule has 2 aromatic rings. The van der Waals surface area contributed by atoms with Gasteiger partial charge in [-0.1, -0.05) is 54.9 Å². The summed E-state index contributed by atoms with van der Waals surface area (Å²) < 4.78 is 5.99. The highest BCUT2D eigenvalue weighted by Gasteiger charge is 2.19. The molecule has 2 nitrogen and oxygen atoms in total. The predicted molar refractivity (Wildman–Crippen MR) is 86.8 cm³/mol. The Labute approximate surface area is 129 Å². The summed E-state index contributed by atoms with van der Waals surface area (Å²) in [7, 11) is 0. The van der Waals surface area contributed by atoms with Crippen molar-refractivity contribution in [2.45, 2.75) is 38.4 Å².